The van der Waals surface area contributed by atoms with Gasteiger partial charge in [-0.25, -0.2) is 8.42 Å². The van der Waals surface area contributed by atoms with Gasteiger partial charge in [0.1, 0.15) is 5.75 Å². The summed E-state index contributed by atoms with van der Waals surface area (Å²) in [5.41, 5.74) is 0. The van der Waals surface area contributed by atoms with Crippen LogP contribution in [0.1, 0.15) is 6.42 Å². The summed E-state index contributed by atoms with van der Waals surface area (Å²) in [7, 11) is -3.01. The van der Waals surface area contributed by atoms with Crippen LogP contribution in [0.3, 0.4) is 0 Å². The average molecular weight is 338 g/mol. The highest BCUT2D eigenvalue weighted by Gasteiger charge is 2.28. The minimum absolute atomic E-state index is 0.0172. The summed E-state index contributed by atoms with van der Waals surface area (Å²) in [6.45, 7) is -0.239. The molecule has 8 heteroatoms. The van der Waals surface area contributed by atoms with E-state index in [4.69, 9.17) is 27.9 Å². The molecule has 110 valence electrons. The number of hydrogen-bond acceptors (Lipinski definition) is 4. The third-order valence-electron chi connectivity index (χ3n) is 2.85. The van der Waals surface area contributed by atoms with E-state index in [1.54, 1.807) is 12.1 Å². The van der Waals surface area contributed by atoms with Crippen molar-refractivity contribution < 1.29 is 17.9 Å². The van der Waals surface area contributed by atoms with Crippen LogP contribution in [0.4, 0.5) is 0 Å². The Kier molecular flexibility index (Phi) is 4.78. The van der Waals surface area contributed by atoms with Crippen molar-refractivity contribution in [2.45, 2.75) is 12.5 Å². The molecule has 1 amide bonds. The van der Waals surface area contributed by atoms with Crippen LogP contribution in [0.5, 0.6) is 5.75 Å². The highest BCUT2D eigenvalue weighted by Crippen LogP contribution is 2.27. The van der Waals surface area contributed by atoms with Crippen LogP contribution in [0.15, 0.2) is 18.2 Å². The quantitative estimate of drug-likeness (QED) is 0.907. The molecule has 0 unspecified atom stereocenters. The minimum atomic E-state index is -3.01. The Labute approximate surface area is 127 Å². The monoisotopic (exact) mass is 337 g/mol. The summed E-state index contributed by atoms with van der Waals surface area (Å²) in [6.07, 6.45) is 0.437. The number of hydrogen-bond donors (Lipinski definition) is 1. The Morgan fingerprint density at radius 2 is 2.15 bits per heavy atom. The molecule has 0 aromatic heterocycles. The second kappa shape index (κ2) is 6.20. The number of amides is 1. The van der Waals surface area contributed by atoms with E-state index < -0.39 is 9.84 Å². The van der Waals surface area contributed by atoms with Crippen LogP contribution in [0.2, 0.25) is 10.0 Å². The van der Waals surface area contributed by atoms with Crippen LogP contribution < -0.4 is 10.1 Å². The van der Waals surface area contributed by atoms with Crippen LogP contribution >= 0.6 is 23.2 Å². The van der Waals surface area contributed by atoms with Crippen LogP contribution in [-0.2, 0) is 14.6 Å². The first-order valence-electron chi connectivity index (χ1n) is 5.93. The van der Waals surface area contributed by atoms with Crippen molar-refractivity contribution in [1.29, 1.82) is 0 Å². The van der Waals surface area contributed by atoms with Crippen molar-refractivity contribution in [1.82, 2.24) is 5.32 Å². The van der Waals surface area contributed by atoms with E-state index in [-0.39, 0.29) is 30.1 Å². The Hall–Kier alpha value is -0.980. The molecular formula is C12H13Cl2NO4S. The highest BCUT2D eigenvalue weighted by atomic mass is 35.5. The van der Waals surface area contributed by atoms with Gasteiger partial charge in [0.25, 0.3) is 5.91 Å². The first kappa shape index (κ1) is 15.4. The first-order valence-corrected chi connectivity index (χ1v) is 8.51. The number of benzene rings is 1. The molecule has 1 atom stereocenters. The highest BCUT2D eigenvalue weighted by molar-refractivity contribution is 7.91. The fourth-order valence-electron chi connectivity index (χ4n) is 1.91. The van der Waals surface area contributed by atoms with Gasteiger partial charge < -0.3 is 10.1 Å². The van der Waals surface area contributed by atoms with E-state index in [0.29, 0.717) is 22.2 Å². The van der Waals surface area contributed by atoms with Gasteiger partial charge in [-0.3, -0.25) is 4.79 Å². The first-order chi connectivity index (χ1) is 9.35. The largest absolute Gasteiger partial charge is 0.482 e. The maximum atomic E-state index is 11.7. The van der Waals surface area contributed by atoms with Crippen molar-refractivity contribution in [3.8, 4) is 5.75 Å². The summed E-state index contributed by atoms with van der Waals surface area (Å²) >= 11 is 11.7. The third-order valence-corrected chi connectivity index (χ3v) is 5.16. The van der Waals surface area contributed by atoms with Gasteiger partial charge in [0.05, 0.1) is 16.5 Å². The molecule has 1 saturated heterocycles. The van der Waals surface area contributed by atoms with Gasteiger partial charge in [0.2, 0.25) is 0 Å². The number of nitrogens with one attached hydrogen (secondary N) is 1. The van der Waals surface area contributed by atoms with Crippen LogP contribution in [0.25, 0.3) is 0 Å². The molecule has 1 aliphatic rings. The molecule has 5 nitrogen and oxygen atoms in total. The van der Waals surface area contributed by atoms with E-state index in [0.717, 1.165) is 0 Å². The summed E-state index contributed by atoms with van der Waals surface area (Å²) in [6, 6.07) is 4.35. The zero-order valence-electron chi connectivity index (χ0n) is 10.4. The summed E-state index contributed by atoms with van der Waals surface area (Å²) in [5, 5.41) is 3.42. The van der Waals surface area contributed by atoms with E-state index in [1.807, 2.05) is 0 Å². The van der Waals surface area contributed by atoms with Gasteiger partial charge in [-0.05, 0) is 18.6 Å². The van der Waals surface area contributed by atoms with E-state index in [9.17, 15) is 13.2 Å². The topological polar surface area (TPSA) is 72.5 Å². The van der Waals surface area contributed by atoms with Gasteiger partial charge in [-0.1, -0.05) is 23.2 Å². The predicted octanol–water partition coefficient (Wildman–Crippen LogP) is 1.68. The van der Waals surface area contributed by atoms with Crippen LogP contribution in [0, 0.1) is 0 Å². The molecule has 1 fully saturated rings. The summed E-state index contributed by atoms with van der Waals surface area (Å²) in [4.78, 5) is 11.7. The van der Waals surface area contributed by atoms with Crippen molar-refractivity contribution in [2.75, 3.05) is 18.1 Å². The molecule has 0 bridgehead atoms. The second-order valence-electron chi connectivity index (χ2n) is 4.53. The maximum absolute atomic E-state index is 11.7. The summed E-state index contributed by atoms with van der Waals surface area (Å²) < 4.78 is 27.8. The number of halogens is 2. The third kappa shape index (κ3) is 4.26. The lowest BCUT2D eigenvalue weighted by atomic mass is 10.2. The molecular weight excluding hydrogens is 325 g/mol. The lowest BCUT2D eigenvalue weighted by molar-refractivity contribution is -0.123. The van der Waals surface area contributed by atoms with Gasteiger partial charge in [-0.2, -0.15) is 0 Å². The number of carbonyl (C=O) groups excluding carboxylic acids is 1. The molecule has 1 N–H and O–H groups in total. The lowest BCUT2D eigenvalue weighted by Crippen LogP contribution is -2.38. The van der Waals surface area contributed by atoms with Gasteiger partial charge >= 0.3 is 0 Å². The Morgan fingerprint density at radius 3 is 2.80 bits per heavy atom. The lowest BCUT2D eigenvalue weighted by Gasteiger charge is -2.12. The molecule has 1 aromatic carbocycles. The van der Waals surface area contributed by atoms with Crippen molar-refractivity contribution >= 4 is 38.9 Å². The molecule has 0 saturated carbocycles. The average Bonchev–Trinajstić information content (AvgIpc) is 2.70. The SMILES string of the molecule is O=C(COc1cc(Cl)ccc1Cl)N[C@@H]1CCS(=O)(=O)C1. The Bertz CT molecular complexity index is 618. The van der Waals surface area contributed by atoms with Gasteiger partial charge in [0.15, 0.2) is 16.4 Å². The molecule has 1 heterocycles. The molecule has 2 rings (SSSR count). The predicted molar refractivity (Wildman–Crippen MR) is 77.2 cm³/mol. The van der Waals surface area contributed by atoms with Crippen molar-refractivity contribution in [3.05, 3.63) is 28.2 Å². The molecule has 20 heavy (non-hydrogen) atoms. The summed E-state index contributed by atoms with van der Waals surface area (Å²) in [5.74, 6) is 0.0202. The molecule has 0 aliphatic carbocycles. The molecule has 0 spiro atoms. The van der Waals surface area contributed by atoms with E-state index >= 15 is 0 Å². The smallest absolute Gasteiger partial charge is 0.258 e. The number of ether oxygens (including phenoxy) is 1. The van der Waals surface area contributed by atoms with Crippen molar-refractivity contribution in [2.24, 2.45) is 0 Å². The maximum Gasteiger partial charge on any atom is 0.258 e. The molecule has 1 aromatic rings. The molecule has 0 radical (unpaired) electrons. The normalized spacial score (nSPS) is 20.6. The standard InChI is InChI=1S/C12H13Cl2NO4S/c13-8-1-2-10(14)11(5-8)19-6-12(16)15-9-3-4-20(17,18)7-9/h1-2,5,9H,3-4,6-7H2,(H,15,16)/t9-/m1/s1. The van der Waals surface area contributed by atoms with Gasteiger partial charge in [0, 0.05) is 17.1 Å². The number of carbonyl (C=O) groups is 1. The Morgan fingerprint density at radius 1 is 1.40 bits per heavy atom. The van der Waals surface area contributed by atoms with Crippen LogP contribution in [-0.4, -0.2) is 38.5 Å². The number of rotatable bonds is 4. The van der Waals surface area contributed by atoms with Gasteiger partial charge in [-0.15, -0.1) is 0 Å². The molecule has 1 aliphatic heterocycles. The van der Waals surface area contributed by atoms with Crippen molar-refractivity contribution in [3.63, 3.8) is 0 Å². The van der Waals surface area contributed by atoms with E-state index in [2.05, 4.69) is 5.32 Å². The second-order valence-corrected chi connectivity index (χ2v) is 7.60. The number of sulfone groups is 1. The van der Waals surface area contributed by atoms with E-state index in [1.165, 1.54) is 6.07 Å². The fourth-order valence-corrected chi connectivity index (χ4v) is 3.92. The Balaban J connectivity index is 1.85. The zero-order chi connectivity index (χ0) is 14.8. The zero-order valence-corrected chi connectivity index (χ0v) is 12.8. The minimum Gasteiger partial charge on any atom is -0.482 e. The fraction of sp³-hybridized carbons (Fsp3) is 0.417.